The zero-order valence-electron chi connectivity index (χ0n) is 9.80. The summed E-state index contributed by atoms with van der Waals surface area (Å²) in [5.41, 5.74) is 0.713. The van der Waals surface area contributed by atoms with Crippen molar-refractivity contribution in [3.63, 3.8) is 0 Å². The zero-order valence-corrected chi connectivity index (χ0v) is 10.6. The summed E-state index contributed by atoms with van der Waals surface area (Å²) in [5, 5.41) is 0. The van der Waals surface area contributed by atoms with Gasteiger partial charge in [-0.05, 0) is 30.5 Å². The third kappa shape index (κ3) is 4.01. The van der Waals surface area contributed by atoms with Crippen molar-refractivity contribution in [2.45, 2.75) is 32.6 Å². The summed E-state index contributed by atoms with van der Waals surface area (Å²) in [7, 11) is 0. The Kier molecular flexibility index (Phi) is 5.61. The van der Waals surface area contributed by atoms with Crippen molar-refractivity contribution in [2.75, 3.05) is 6.61 Å². The smallest absolute Gasteiger partial charge is 0.123 e. The number of halogens is 2. The second kappa shape index (κ2) is 6.74. The molecule has 0 heterocycles. The van der Waals surface area contributed by atoms with Gasteiger partial charge >= 0.3 is 0 Å². The molecule has 0 aliphatic heterocycles. The number of benzene rings is 1. The summed E-state index contributed by atoms with van der Waals surface area (Å²) in [6.07, 6.45) is 2.29. The van der Waals surface area contributed by atoms with E-state index in [2.05, 4.69) is 13.8 Å². The number of ether oxygens (including phenoxy) is 1. The van der Waals surface area contributed by atoms with E-state index >= 15 is 0 Å². The van der Waals surface area contributed by atoms with Crippen LogP contribution in [-0.4, -0.2) is 6.61 Å². The van der Waals surface area contributed by atoms with Crippen molar-refractivity contribution in [3.05, 3.63) is 29.6 Å². The summed E-state index contributed by atoms with van der Waals surface area (Å²) in [4.78, 5) is 0. The molecule has 0 amide bonds. The quantitative estimate of drug-likeness (QED) is 0.675. The maximum atomic E-state index is 12.9. The van der Waals surface area contributed by atoms with E-state index in [1.165, 1.54) is 12.1 Å². The van der Waals surface area contributed by atoms with E-state index in [1.807, 2.05) is 0 Å². The number of alkyl halides is 1. The van der Waals surface area contributed by atoms with E-state index in [1.54, 1.807) is 6.07 Å². The highest BCUT2D eigenvalue weighted by atomic mass is 35.5. The molecule has 1 atom stereocenters. The lowest BCUT2D eigenvalue weighted by molar-refractivity contribution is 0.249. The molecule has 1 aromatic carbocycles. The molecule has 0 aromatic heterocycles. The van der Waals surface area contributed by atoms with Crippen LogP contribution < -0.4 is 4.74 Å². The maximum Gasteiger partial charge on any atom is 0.123 e. The molecular formula is C13H18ClFO. The second-order valence-electron chi connectivity index (χ2n) is 4.09. The molecule has 1 aromatic rings. The first-order valence-corrected chi connectivity index (χ1v) is 6.18. The van der Waals surface area contributed by atoms with E-state index in [0.717, 1.165) is 12.8 Å². The lowest BCUT2D eigenvalue weighted by Gasteiger charge is -2.14. The van der Waals surface area contributed by atoms with E-state index in [9.17, 15) is 4.39 Å². The lowest BCUT2D eigenvalue weighted by Crippen LogP contribution is -2.09. The second-order valence-corrected chi connectivity index (χ2v) is 4.36. The van der Waals surface area contributed by atoms with Gasteiger partial charge < -0.3 is 4.74 Å². The van der Waals surface area contributed by atoms with Crippen LogP contribution in [0.25, 0.3) is 0 Å². The van der Waals surface area contributed by atoms with Crippen LogP contribution in [0.1, 0.15) is 32.3 Å². The molecule has 1 nitrogen and oxygen atoms in total. The fourth-order valence-corrected chi connectivity index (χ4v) is 1.81. The summed E-state index contributed by atoms with van der Waals surface area (Å²) in [5.74, 6) is 1.21. The van der Waals surface area contributed by atoms with Gasteiger partial charge in [-0.25, -0.2) is 4.39 Å². The Morgan fingerprint density at radius 1 is 1.44 bits per heavy atom. The Morgan fingerprint density at radius 3 is 2.81 bits per heavy atom. The molecule has 0 radical (unpaired) electrons. The molecule has 0 bridgehead atoms. The molecule has 0 N–H and O–H groups in total. The Morgan fingerprint density at radius 2 is 2.19 bits per heavy atom. The fraction of sp³-hybridized carbons (Fsp3) is 0.538. The van der Waals surface area contributed by atoms with Crippen LogP contribution in [-0.2, 0) is 5.88 Å². The summed E-state index contributed by atoms with van der Waals surface area (Å²) in [6, 6.07) is 4.47. The number of rotatable bonds is 6. The fourth-order valence-electron chi connectivity index (χ4n) is 1.60. The number of hydrogen-bond donors (Lipinski definition) is 0. The van der Waals surface area contributed by atoms with Crippen LogP contribution in [0, 0.1) is 11.7 Å². The Hall–Kier alpha value is -0.760. The van der Waals surface area contributed by atoms with Gasteiger partial charge in [0, 0.05) is 5.56 Å². The normalized spacial score (nSPS) is 12.5. The van der Waals surface area contributed by atoms with Crippen LogP contribution in [0.4, 0.5) is 4.39 Å². The predicted octanol–water partition coefficient (Wildman–Crippen LogP) is 4.38. The highest BCUT2D eigenvalue weighted by Gasteiger charge is 2.07. The lowest BCUT2D eigenvalue weighted by atomic mass is 10.1. The third-order valence-electron chi connectivity index (χ3n) is 2.47. The van der Waals surface area contributed by atoms with E-state index in [4.69, 9.17) is 16.3 Å². The first kappa shape index (κ1) is 13.3. The average molecular weight is 245 g/mol. The van der Waals surface area contributed by atoms with Crippen molar-refractivity contribution in [2.24, 2.45) is 5.92 Å². The molecule has 90 valence electrons. The molecule has 0 aliphatic carbocycles. The Bertz CT molecular complexity index is 328. The van der Waals surface area contributed by atoms with Gasteiger partial charge in [0.25, 0.3) is 0 Å². The predicted molar refractivity (Wildman–Crippen MR) is 65.5 cm³/mol. The minimum absolute atomic E-state index is 0.273. The van der Waals surface area contributed by atoms with Crippen molar-refractivity contribution < 1.29 is 9.13 Å². The Labute approximate surface area is 102 Å². The van der Waals surface area contributed by atoms with Crippen LogP contribution in [0.3, 0.4) is 0 Å². The third-order valence-corrected chi connectivity index (χ3v) is 2.76. The van der Waals surface area contributed by atoms with Gasteiger partial charge in [0.05, 0.1) is 12.5 Å². The van der Waals surface area contributed by atoms with Crippen LogP contribution >= 0.6 is 11.6 Å². The topological polar surface area (TPSA) is 9.23 Å². The SMILES string of the molecule is CCCC(C)COc1ccc(F)cc1CCl. The van der Waals surface area contributed by atoms with Gasteiger partial charge in [0.2, 0.25) is 0 Å². The van der Waals surface area contributed by atoms with Crippen molar-refractivity contribution in [3.8, 4) is 5.75 Å². The van der Waals surface area contributed by atoms with E-state index in [-0.39, 0.29) is 11.7 Å². The molecule has 0 spiro atoms. The van der Waals surface area contributed by atoms with Crippen molar-refractivity contribution in [1.29, 1.82) is 0 Å². The molecule has 0 aliphatic rings. The average Bonchev–Trinajstić information content (AvgIpc) is 2.27. The zero-order chi connectivity index (χ0) is 12.0. The summed E-state index contributed by atoms with van der Waals surface area (Å²) in [6.45, 7) is 4.95. The van der Waals surface area contributed by atoms with Crippen molar-refractivity contribution >= 4 is 11.6 Å². The van der Waals surface area contributed by atoms with Gasteiger partial charge in [-0.1, -0.05) is 20.3 Å². The largest absolute Gasteiger partial charge is 0.493 e. The Balaban J connectivity index is 2.59. The van der Waals surface area contributed by atoms with E-state index < -0.39 is 0 Å². The van der Waals surface area contributed by atoms with Gasteiger partial charge in [0.15, 0.2) is 0 Å². The van der Waals surface area contributed by atoms with Crippen LogP contribution in [0.2, 0.25) is 0 Å². The molecule has 0 saturated carbocycles. The first-order valence-electron chi connectivity index (χ1n) is 5.64. The van der Waals surface area contributed by atoms with Crippen molar-refractivity contribution in [1.82, 2.24) is 0 Å². The summed E-state index contributed by atoms with van der Waals surface area (Å²) >= 11 is 5.73. The van der Waals surface area contributed by atoms with Gasteiger partial charge in [-0.15, -0.1) is 11.6 Å². The van der Waals surface area contributed by atoms with Gasteiger partial charge in [-0.2, -0.15) is 0 Å². The van der Waals surface area contributed by atoms with Crippen LogP contribution in [0.5, 0.6) is 5.75 Å². The molecule has 1 unspecified atom stereocenters. The highest BCUT2D eigenvalue weighted by Crippen LogP contribution is 2.22. The molecule has 0 fully saturated rings. The standard InChI is InChI=1S/C13H18ClFO/c1-3-4-10(2)9-16-13-6-5-12(15)7-11(13)8-14/h5-7,10H,3-4,8-9H2,1-2H3. The monoisotopic (exact) mass is 244 g/mol. The molecule has 3 heteroatoms. The molecule has 1 rings (SSSR count). The minimum atomic E-state index is -0.274. The molecule has 0 saturated heterocycles. The van der Waals surface area contributed by atoms with Gasteiger partial charge in [0.1, 0.15) is 11.6 Å². The van der Waals surface area contributed by atoms with E-state index in [0.29, 0.717) is 23.8 Å². The summed E-state index contributed by atoms with van der Waals surface area (Å²) < 4.78 is 18.6. The molecular weight excluding hydrogens is 227 g/mol. The maximum absolute atomic E-state index is 12.9. The highest BCUT2D eigenvalue weighted by molar-refractivity contribution is 6.17. The van der Waals surface area contributed by atoms with Crippen LogP contribution in [0.15, 0.2) is 18.2 Å². The first-order chi connectivity index (χ1) is 7.67. The molecule has 16 heavy (non-hydrogen) atoms. The van der Waals surface area contributed by atoms with Gasteiger partial charge in [-0.3, -0.25) is 0 Å². The minimum Gasteiger partial charge on any atom is -0.493 e. The number of hydrogen-bond acceptors (Lipinski definition) is 1.